The van der Waals surface area contributed by atoms with Gasteiger partial charge >= 0.3 is 0 Å². The number of benzene rings is 1. The van der Waals surface area contributed by atoms with Gasteiger partial charge in [-0.25, -0.2) is 9.37 Å². The van der Waals surface area contributed by atoms with E-state index in [1.54, 1.807) is 0 Å². The first kappa shape index (κ1) is 8.92. The van der Waals surface area contributed by atoms with Crippen molar-refractivity contribution in [2.45, 2.75) is 0 Å². The number of pyridine rings is 1. The van der Waals surface area contributed by atoms with Gasteiger partial charge in [0, 0.05) is 5.39 Å². The van der Waals surface area contributed by atoms with Gasteiger partial charge in [-0.3, -0.25) is 0 Å². The first-order chi connectivity index (χ1) is 6.70. The second-order valence-corrected chi connectivity index (χ2v) is 3.13. The summed E-state index contributed by atoms with van der Waals surface area (Å²) in [5.41, 5.74) is 0.833. The van der Waals surface area contributed by atoms with Crippen LogP contribution in [-0.4, -0.2) is 4.98 Å². The van der Waals surface area contributed by atoms with Crippen molar-refractivity contribution in [3.05, 3.63) is 40.8 Å². The Morgan fingerprint density at radius 1 is 1.36 bits per heavy atom. The number of rotatable bonds is 0. The molecule has 2 nitrogen and oxygen atoms in total. The van der Waals surface area contributed by atoms with Gasteiger partial charge in [0.05, 0.1) is 11.1 Å². The molecular weight excluding hydrogens is 203 g/mol. The van der Waals surface area contributed by atoms with Crippen LogP contribution in [0.15, 0.2) is 24.3 Å². The molecule has 0 saturated heterocycles. The first-order valence-electron chi connectivity index (χ1n) is 3.86. The number of fused-ring (bicyclic) bond motifs is 1. The number of nitrogens with zero attached hydrogens (tertiary/aromatic N) is 2. The molecule has 14 heavy (non-hydrogen) atoms. The lowest BCUT2D eigenvalue weighted by atomic mass is 10.2. The number of hydrogen-bond acceptors (Lipinski definition) is 2. The van der Waals surface area contributed by atoms with Gasteiger partial charge in [-0.15, -0.1) is 0 Å². The number of hydrogen-bond donors (Lipinski definition) is 0. The fourth-order valence-corrected chi connectivity index (χ4v) is 1.39. The molecule has 1 aromatic carbocycles. The highest BCUT2D eigenvalue weighted by Gasteiger charge is 2.04. The molecule has 0 aliphatic rings. The highest BCUT2D eigenvalue weighted by atomic mass is 35.5. The van der Waals surface area contributed by atoms with Crippen LogP contribution in [0.4, 0.5) is 4.39 Å². The third-order valence-electron chi connectivity index (χ3n) is 1.85. The Kier molecular flexibility index (Phi) is 2.06. The van der Waals surface area contributed by atoms with Crippen molar-refractivity contribution >= 4 is 22.5 Å². The van der Waals surface area contributed by atoms with Crippen LogP contribution < -0.4 is 0 Å². The Morgan fingerprint density at radius 2 is 2.14 bits per heavy atom. The van der Waals surface area contributed by atoms with Gasteiger partial charge in [0.15, 0.2) is 0 Å². The molecule has 0 atom stereocenters. The van der Waals surface area contributed by atoms with Gasteiger partial charge in [0.1, 0.15) is 17.0 Å². The predicted octanol–water partition coefficient (Wildman–Crippen LogP) is 2.90. The van der Waals surface area contributed by atoms with E-state index >= 15 is 0 Å². The molecule has 68 valence electrons. The smallest absolute Gasteiger partial charge is 0.147 e. The predicted molar refractivity (Wildman–Crippen MR) is 51.4 cm³/mol. The summed E-state index contributed by atoms with van der Waals surface area (Å²) >= 11 is 5.72. The summed E-state index contributed by atoms with van der Waals surface area (Å²) in [5, 5.41) is 9.40. The third-order valence-corrected chi connectivity index (χ3v) is 2.14. The van der Waals surface area contributed by atoms with Gasteiger partial charge in [0.25, 0.3) is 0 Å². The summed E-state index contributed by atoms with van der Waals surface area (Å²) in [4.78, 5) is 3.96. The van der Waals surface area contributed by atoms with Crippen molar-refractivity contribution in [3.63, 3.8) is 0 Å². The Labute approximate surface area is 84.6 Å². The molecule has 2 rings (SSSR count). The minimum absolute atomic E-state index is 0.145. The zero-order chi connectivity index (χ0) is 10.1. The standard InChI is InChI=1S/C10H4ClFN2/c11-10-7(5-13)3-6-4-8(12)1-2-9(6)14-10/h1-4H. The zero-order valence-corrected chi connectivity index (χ0v) is 7.72. The monoisotopic (exact) mass is 206 g/mol. The van der Waals surface area contributed by atoms with E-state index in [1.165, 1.54) is 24.3 Å². The zero-order valence-electron chi connectivity index (χ0n) is 6.96. The molecule has 0 spiro atoms. The summed E-state index contributed by atoms with van der Waals surface area (Å²) in [6.07, 6.45) is 0. The van der Waals surface area contributed by atoms with E-state index in [4.69, 9.17) is 16.9 Å². The fourth-order valence-electron chi connectivity index (χ4n) is 1.20. The van der Waals surface area contributed by atoms with Crippen LogP contribution >= 0.6 is 11.6 Å². The largest absolute Gasteiger partial charge is 0.235 e. The number of nitriles is 1. The lowest BCUT2D eigenvalue weighted by Crippen LogP contribution is -1.86. The average Bonchev–Trinajstić information content (AvgIpc) is 2.17. The van der Waals surface area contributed by atoms with Crippen LogP contribution in [0.5, 0.6) is 0 Å². The minimum Gasteiger partial charge on any atom is -0.235 e. The molecular formula is C10H4ClFN2. The summed E-state index contributed by atoms with van der Waals surface area (Å²) in [7, 11) is 0. The van der Waals surface area contributed by atoms with Crippen LogP contribution in [0.3, 0.4) is 0 Å². The van der Waals surface area contributed by atoms with Gasteiger partial charge in [-0.05, 0) is 24.3 Å². The maximum Gasteiger partial charge on any atom is 0.147 e. The molecule has 0 aliphatic heterocycles. The SMILES string of the molecule is N#Cc1cc2cc(F)ccc2nc1Cl. The normalized spacial score (nSPS) is 10.1. The van der Waals surface area contributed by atoms with Crippen molar-refractivity contribution in [2.24, 2.45) is 0 Å². The molecule has 0 aliphatic carbocycles. The van der Waals surface area contributed by atoms with E-state index in [2.05, 4.69) is 4.98 Å². The summed E-state index contributed by atoms with van der Waals surface area (Å²) in [6, 6.07) is 7.56. The van der Waals surface area contributed by atoms with Crippen molar-refractivity contribution in [1.29, 1.82) is 5.26 Å². The van der Waals surface area contributed by atoms with Crippen LogP contribution in [0, 0.1) is 17.1 Å². The minimum atomic E-state index is -0.356. The maximum atomic E-state index is 12.8. The molecule has 0 amide bonds. The molecule has 0 saturated carbocycles. The highest BCUT2D eigenvalue weighted by molar-refractivity contribution is 6.31. The van der Waals surface area contributed by atoms with Crippen molar-refractivity contribution in [2.75, 3.05) is 0 Å². The second-order valence-electron chi connectivity index (χ2n) is 2.78. The molecule has 4 heteroatoms. The molecule has 0 fully saturated rings. The second kappa shape index (κ2) is 3.24. The van der Waals surface area contributed by atoms with Crippen LogP contribution in [-0.2, 0) is 0 Å². The van der Waals surface area contributed by atoms with E-state index < -0.39 is 0 Å². The Morgan fingerprint density at radius 3 is 2.86 bits per heavy atom. The quantitative estimate of drug-likeness (QED) is 0.622. The topological polar surface area (TPSA) is 36.7 Å². The molecule has 2 aromatic rings. The van der Waals surface area contributed by atoms with Gasteiger partial charge in [-0.2, -0.15) is 5.26 Å². The van der Waals surface area contributed by atoms with Gasteiger partial charge < -0.3 is 0 Å². The van der Waals surface area contributed by atoms with Crippen molar-refractivity contribution in [1.82, 2.24) is 4.98 Å². The summed E-state index contributed by atoms with van der Waals surface area (Å²) < 4.78 is 12.8. The molecule has 0 radical (unpaired) electrons. The van der Waals surface area contributed by atoms with Crippen LogP contribution in [0.2, 0.25) is 5.15 Å². The molecule has 1 heterocycles. The van der Waals surface area contributed by atoms with E-state index in [1.807, 2.05) is 6.07 Å². The molecule has 0 N–H and O–H groups in total. The lowest BCUT2D eigenvalue weighted by molar-refractivity contribution is 0.629. The third kappa shape index (κ3) is 1.40. The van der Waals surface area contributed by atoms with E-state index in [9.17, 15) is 4.39 Å². The van der Waals surface area contributed by atoms with Gasteiger partial charge in [-0.1, -0.05) is 11.6 Å². The first-order valence-corrected chi connectivity index (χ1v) is 4.24. The van der Waals surface area contributed by atoms with Crippen LogP contribution in [0.25, 0.3) is 10.9 Å². The van der Waals surface area contributed by atoms with Gasteiger partial charge in [0.2, 0.25) is 0 Å². The number of aromatic nitrogens is 1. The molecule has 0 bridgehead atoms. The lowest BCUT2D eigenvalue weighted by Gasteiger charge is -1.99. The summed E-state index contributed by atoms with van der Waals surface area (Å²) in [5.74, 6) is -0.356. The fraction of sp³-hybridized carbons (Fsp3) is 0. The van der Waals surface area contributed by atoms with Crippen molar-refractivity contribution < 1.29 is 4.39 Å². The average molecular weight is 207 g/mol. The maximum absolute atomic E-state index is 12.8. The van der Waals surface area contributed by atoms with Crippen molar-refractivity contribution in [3.8, 4) is 6.07 Å². The highest BCUT2D eigenvalue weighted by Crippen LogP contribution is 2.20. The van der Waals surface area contributed by atoms with E-state index in [0.29, 0.717) is 10.9 Å². The van der Waals surface area contributed by atoms with E-state index in [-0.39, 0.29) is 16.5 Å². The number of halogens is 2. The molecule has 0 unspecified atom stereocenters. The summed E-state index contributed by atoms with van der Waals surface area (Å²) in [6.45, 7) is 0. The Balaban J connectivity index is 2.82. The van der Waals surface area contributed by atoms with E-state index in [0.717, 1.165) is 0 Å². The molecule has 1 aromatic heterocycles. The Hall–Kier alpha value is -1.66. The Bertz CT molecular complexity index is 546. The van der Waals surface area contributed by atoms with Crippen LogP contribution in [0.1, 0.15) is 5.56 Å².